The Morgan fingerprint density at radius 2 is 1.81 bits per heavy atom. The maximum Gasteiger partial charge on any atom is 0.215 e. The van der Waals surface area contributed by atoms with Crippen molar-refractivity contribution < 1.29 is 13.2 Å². The van der Waals surface area contributed by atoms with Crippen LogP contribution in [0.1, 0.15) is 25.7 Å². The summed E-state index contributed by atoms with van der Waals surface area (Å²) in [4.78, 5) is 0. The van der Waals surface area contributed by atoms with Crippen molar-refractivity contribution in [3.05, 3.63) is 24.3 Å². The molecule has 21 heavy (non-hydrogen) atoms. The molecular weight excluding hydrogens is 288 g/mol. The van der Waals surface area contributed by atoms with E-state index in [0.717, 1.165) is 25.7 Å². The fraction of sp³-hybridized carbons (Fsp3) is 0.600. The molecule has 2 aliphatic carbocycles. The van der Waals surface area contributed by atoms with E-state index >= 15 is 0 Å². The minimum atomic E-state index is -3.29. The van der Waals surface area contributed by atoms with Crippen LogP contribution in [0.15, 0.2) is 24.3 Å². The monoisotopic (exact) mass is 310 g/mol. The summed E-state index contributed by atoms with van der Waals surface area (Å²) in [7, 11) is -3.29. The van der Waals surface area contributed by atoms with Crippen LogP contribution in [-0.2, 0) is 10.0 Å². The zero-order valence-electron chi connectivity index (χ0n) is 12.0. The van der Waals surface area contributed by atoms with Gasteiger partial charge in [0, 0.05) is 6.04 Å². The molecule has 2 fully saturated rings. The van der Waals surface area contributed by atoms with Crippen LogP contribution in [0.2, 0.25) is 0 Å². The number of sulfonamides is 1. The van der Waals surface area contributed by atoms with Crippen molar-refractivity contribution in [3.63, 3.8) is 0 Å². The van der Waals surface area contributed by atoms with E-state index < -0.39 is 10.0 Å². The molecule has 2 aliphatic rings. The first-order valence-electron chi connectivity index (χ1n) is 7.52. The van der Waals surface area contributed by atoms with E-state index in [9.17, 15) is 8.42 Å². The number of nitrogens with one attached hydrogen (secondary N) is 1. The van der Waals surface area contributed by atoms with Crippen LogP contribution in [0.3, 0.4) is 0 Å². The van der Waals surface area contributed by atoms with E-state index in [1.165, 1.54) is 0 Å². The molecule has 1 aromatic carbocycles. The molecule has 0 aliphatic heterocycles. The molecule has 3 N–H and O–H groups in total. The molecule has 1 aromatic rings. The van der Waals surface area contributed by atoms with Crippen LogP contribution < -0.4 is 15.2 Å². The number of rotatable bonds is 8. The Bertz CT molecular complexity index is 583. The molecule has 0 heterocycles. The lowest BCUT2D eigenvalue weighted by Crippen LogP contribution is -2.40. The number of anilines is 1. The van der Waals surface area contributed by atoms with Gasteiger partial charge in [0.05, 0.1) is 11.4 Å². The summed E-state index contributed by atoms with van der Waals surface area (Å²) in [6, 6.07) is 7.26. The van der Waals surface area contributed by atoms with Gasteiger partial charge in [0.15, 0.2) is 0 Å². The summed E-state index contributed by atoms with van der Waals surface area (Å²) in [5.41, 5.74) is 6.28. The number of nitrogen functional groups attached to an aromatic ring is 1. The summed E-state index contributed by atoms with van der Waals surface area (Å²) >= 11 is 0. The molecule has 2 saturated carbocycles. The number of hydrogen-bond acceptors (Lipinski definition) is 4. The molecule has 116 valence electrons. The van der Waals surface area contributed by atoms with Gasteiger partial charge in [0.1, 0.15) is 12.4 Å². The topological polar surface area (TPSA) is 81.4 Å². The van der Waals surface area contributed by atoms with Gasteiger partial charge in [-0.05, 0) is 49.7 Å². The average Bonchev–Trinajstić information content (AvgIpc) is 3.30. The summed E-state index contributed by atoms with van der Waals surface area (Å²) in [5.74, 6) is 1.61. The van der Waals surface area contributed by atoms with Crippen molar-refractivity contribution in [2.45, 2.75) is 31.7 Å². The largest absolute Gasteiger partial charge is 0.490 e. The Morgan fingerprint density at radius 3 is 2.38 bits per heavy atom. The van der Waals surface area contributed by atoms with Gasteiger partial charge >= 0.3 is 0 Å². The third-order valence-electron chi connectivity index (χ3n) is 4.10. The van der Waals surface area contributed by atoms with Crippen molar-refractivity contribution >= 4 is 15.7 Å². The lowest BCUT2D eigenvalue weighted by atomic mass is 10.1. The van der Waals surface area contributed by atoms with E-state index in [-0.39, 0.29) is 18.4 Å². The predicted molar refractivity (Wildman–Crippen MR) is 82.5 cm³/mol. The van der Waals surface area contributed by atoms with Crippen LogP contribution in [0.25, 0.3) is 0 Å². The smallest absolute Gasteiger partial charge is 0.215 e. The highest BCUT2D eigenvalue weighted by Crippen LogP contribution is 2.44. The van der Waals surface area contributed by atoms with Gasteiger partial charge in [-0.15, -0.1) is 0 Å². The Balaban J connectivity index is 1.50. The van der Waals surface area contributed by atoms with E-state index in [1.54, 1.807) is 12.1 Å². The molecule has 0 aromatic heterocycles. The zero-order chi connectivity index (χ0) is 14.9. The predicted octanol–water partition coefficient (Wildman–Crippen LogP) is 1.76. The van der Waals surface area contributed by atoms with Crippen LogP contribution in [-0.4, -0.2) is 26.8 Å². The quantitative estimate of drug-likeness (QED) is 0.717. The SMILES string of the molecule is Nc1ccccc1OCCS(=O)(=O)NC(C1CC1)C1CC1. The molecule has 0 spiro atoms. The zero-order valence-corrected chi connectivity index (χ0v) is 12.8. The second-order valence-corrected chi connectivity index (χ2v) is 7.90. The van der Waals surface area contributed by atoms with Gasteiger partial charge < -0.3 is 10.5 Å². The van der Waals surface area contributed by atoms with Gasteiger partial charge in [0.25, 0.3) is 0 Å². The first-order chi connectivity index (χ1) is 10.1. The van der Waals surface area contributed by atoms with Crippen LogP contribution in [0.5, 0.6) is 5.75 Å². The molecular formula is C15H22N2O3S. The van der Waals surface area contributed by atoms with Gasteiger partial charge in [-0.3, -0.25) is 0 Å². The molecule has 6 heteroatoms. The summed E-state index contributed by atoms with van der Waals surface area (Å²) in [6.07, 6.45) is 4.61. The van der Waals surface area contributed by atoms with Gasteiger partial charge in [-0.2, -0.15) is 0 Å². The van der Waals surface area contributed by atoms with Crippen molar-refractivity contribution in [3.8, 4) is 5.75 Å². The molecule has 3 rings (SSSR count). The standard InChI is InChI=1S/C15H22N2O3S/c16-13-3-1-2-4-14(13)20-9-10-21(18,19)17-15(11-5-6-11)12-7-8-12/h1-4,11-12,15,17H,5-10,16H2. The second kappa shape index (κ2) is 5.85. The summed E-state index contributed by atoms with van der Waals surface area (Å²) in [5, 5.41) is 0. The van der Waals surface area contributed by atoms with Crippen LogP contribution in [0.4, 0.5) is 5.69 Å². The maximum atomic E-state index is 12.2. The van der Waals surface area contributed by atoms with Gasteiger partial charge in [-0.25, -0.2) is 13.1 Å². The fourth-order valence-electron chi connectivity index (χ4n) is 2.63. The molecule has 0 amide bonds. The van der Waals surface area contributed by atoms with Crippen molar-refractivity contribution in [2.24, 2.45) is 11.8 Å². The third kappa shape index (κ3) is 4.11. The lowest BCUT2D eigenvalue weighted by molar-refractivity contribution is 0.341. The second-order valence-electron chi connectivity index (χ2n) is 6.02. The number of hydrogen-bond donors (Lipinski definition) is 2. The molecule has 0 bridgehead atoms. The van der Waals surface area contributed by atoms with E-state index in [4.69, 9.17) is 10.5 Å². The average molecular weight is 310 g/mol. The minimum Gasteiger partial charge on any atom is -0.490 e. The van der Waals surface area contributed by atoms with E-state index in [1.807, 2.05) is 12.1 Å². The first-order valence-corrected chi connectivity index (χ1v) is 9.18. The Labute approximate surface area is 125 Å². The van der Waals surface area contributed by atoms with E-state index in [2.05, 4.69) is 4.72 Å². The lowest BCUT2D eigenvalue weighted by Gasteiger charge is -2.18. The van der Waals surface area contributed by atoms with Gasteiger partial charge in [-0.1, -0.05) is 12.1 Å². The molecule has 0 radical (unpaired) electrons. The maximum absolute atomic E-state index is 12.2. The number of nitrogens with two attached hydrogens (primary N) is 1. The minimum absolute atomic E-state index is 0.0305. The molecule has 5 nitrogen and oxygen atoms in total. The van der Waals surface area contributed by atoms with Crippen molar-refractivity contribution in [1.82, 2.24) is 4.72 Å². The number of ether oxygens (including phenoxy) is 1. The normalized spacial score (nSPS) is 18.9. The number of para-hydroxylation sites is 2. The molecule has 0 atom stereocenters. The first kappa shape index (κ1) is 14.7. The van der Waals surface area contributed by atoms with Crippen LogP contribution >= 0.6 is 0 Å². The molecule has 0 saturated heterocycles. The Morgan fingerprint density at radius 1 is 1.19 bits per heavy atom. The summed E-state index contributed by atoms with van der Waals surface area (Å²) < 4.78 is 32.7. The highest BCUT2D eigenvalue weighted by Gasteiger charge is 2.43. The van der Waals surface area contributed by atoms with E-state index in [0.29, 0.717) is 23.3 Å². The van der Waals surface area contributed by atoms with Crippen molar-refractivity contribution in [2.75, 3.05) is 18.1 Å². The fourth-order valence-corrected chi connectivity index (χ4v) is 3.85. The highest BCUT2D eigenvalue weighted by molar-refractivity contribution is 7.89. The van der Waals surface area contributed by atoms with Crippen LogP contribution in [0, 0.1) is 11.8 Å². The highest BCUT2D eigenvalue weighted by atomic mass is 32.2. The third-order valence-corrected chi connectivity index (χ3v) is 5.44. The Hall–Kier alpha value is -1.27. The number of benzene rings is 1. The summed E-state index contributed by atoms with van der Waals surface area (Å²) in [6.45, 7) is 0.117. The molecule has 0 unspecified atom stereocenters. The van der Waals surface area contributed by atoms with Gasteiger partial charge in [0.2, 0.25) is 10.0 Å². The Kier molecular flexibility index (Phi) is 4.08. The van der Waals surface area contributed by atoms with Crippen molar-refractivity contribution in [1.29, 1.82) is 0 Å².